The van der Waals surface area contributed by atoms with Crippen LogP contribution in [0.5, 0.6) is 5.75 Å². The largest absolute Gasteiger partial charge is 0.508 e. The quantitative estimate of drug-likeness (QED) is 0.178. The molecule has 1 aromatic heterocycles. The van der Waals surface area contributed by atoms with Crippen LogP contribution in [0.1, 0.15) is 80.0 Å². The molecule has 2 atom stereocenters. The topological polar surface area (TPSA) is 94.9 Å². The van der Waals surface area contributed by atoms with E-state index in [9.17, 15) is 14.7 Å². The summed E-state index contributed by atoms with van der Waals surface area (Å²) in [6.07, 6.45) is 4.61. The molecule has 3 aliphatic rings. The Balaban J connectivity index is 1.22. The zero-order valence-electron chi connectivity index (χ0n) is 29.8. The Kier molecular flexibility index (Phi) is 9.01. The number of amides is 2. The lowest BCUT2D eigenvalue weighted by atomic mass is 9.83. The Morgan fingerprint density at radius 2 is 1.60 bits per heavy atom. The minimum Gasteiger partial charge on any atom is -0.508 e. The zero-order valence-corrected chi connectivity index (χ0v) is 29.8. The standard InChI is InChI=1S/C44H44N4O4/c1-28-22-31-12-6-7-13-35(31)42(45-28)43(51)37-25-32-27-47(41(50)23-29-10-4-3-5-11-29)21-19-30(32)24-36(37)40-26-38(39-14-8-9-20-48(39)40)44(52)46(2)33-15-17-34(49)18-16-33/h3-7,10-13,15-18,24-26,28,42,45,49H,8-9,14,19-23,27H2,1-2H3/t28-,42?/m1/s1. The van der Waals surface area contributed by atoms with E-state index >= 15 is 4.79 Å². The van der Waals surface area contributed by atoms with E-state index in [1.54, 1.807) is 36.2 Å². The number of anilines is 1. The summed E-state index contributed by atoms with van der Waals surface area (Å²) in [6.45, 7) is 3.93. The van der Waals surface area contributed by atoms with Gasteiger partial charge in [0, 0.05) is 60.9 Å². The summed E-state index contributed by atoms with van der Waals surface area (Å²) < 4.78 is 2.25. The molecule has 4 heterocycles. The fraction of sp³-hybridized carbons (Fsp3) is 0.295. The monoisotopic (exact) mass is 692 g/mol. The lowest BCUT2D eigenvalue weighted by Gasteiger charge is -2.33. The van der Waals surface area contributed by atoms with Gasteiger partial charge in [-0.25, -0.2) is 0 Å². The summed E-state index contributed by atoms with van der Waals surface area (Å²) in [5.74, 6) is 0.0839. The highest BCUT2D eigenvalue weighted by atomic mass is 16.3. The van der Waals surface area contributed by atoms with Crippen molar-refractivity contribution in [3.05, 3.63) is 142 Å². The molecule has 0 saturated carbocycles. The van der Waals surface area contributed by atoms with Crippen molar-refractivity contribution in [1.82, 2.24) is 14.8 Å². The number of hydrogen-bond donors (Lipinski definition) is 2. The minimum atomic E-state index is -0.520. The molecule has 8 nitrogen and oxygen atoms in total. The van der Waals surface area contributed by atoms with Gasteiger partial charge in [-0.15, -0.1) is 0 Å². The van der Waals surface area contributed by atoms with E-state index < -0.39 is 6.04 Å². The Bertz CT molecular complexity index is 2170. The van der Waals surface area contributed by atoms with Crippen molar-refractivity contribution in [2.45, 2.75) is 70.6 Å². The summed E-state index contributed by atoms with van der Waals surface area (Å²) in [5, 5.41) is 13.5. The second kappa shape index (κ2) is 13.9. The maximum absolute atomic E-state index is 15.0. The second-order valence-electron chi connectivity index (χ2n) is 14.5. The van der Waals surface area contributed by atoms with Crippen LogP contribution in [0.2, 0.25) is 0 Å². The van der Waals surface area contributed by atoms with Gasteiger partial charge in [0.05, 0.1) is 18.0 Å². The van der Waals surface area contributed by atoms with E-state index in [0.717, 1.165) is 71.4 Å². The molecule has 1 unspecified atom stereocenters. The summed E-state index contributed by atoms with van der Waals surface area (Å²) in [7, 11) is 1.76. The first-order valence-electron chi connectivity index (χ1n) is 18.4. The molecule has 4 aromatic carbocycles. The van der Waals surface area contributed by atoms with Gasteiger partial charge in [0.2, 0.25) is 5.91 Å². The molecule has 0 aliphatic carbocycles. The van der Waals surface area contributed by atoms with Crippen LogP contribution in [-0.2, 0) is 43.6 Å². The third-order valence-corrected chi connectivity index (χ3v) is 11.1. The number of nitrogens with one attached hydrogen (secondary N) is 1. The fourth-order valence-electron chi connectivity index (χ4n) is 8.32. The summed E-state index contributed by atoms with van der Waals surface area (Å²) in [4.78, 5) is 46.2. The smallest absolute Gasteiger partial charge is 0.259 e. The first-order valence-corrected chi connectivity index (χ1v) is 18.4. The molecule has 0 bridgehead atoms. The number of carbonyl (C=O) groups is 3. The average molecular weight is 693 g/mol. The van der Waals surface area contributed by atoms with Crippen molar-refractivity contribution in [3.8, 4) is 17.0 Å². The maximum atomic E-state index is 15.0. The molecule has 5 aromatic rings. The number of rotatable bonds is 7. The Labute approximate surface area is 304 Å². The van der Waals surface area contributed by atoms with Crippen molar-refractivity contribution in [2.75, 3.05) is 18.5 Å². The summed E-state index contributed by atoms with van der Waals surface area (Å²) in [6, 6.07) is 30.4. The van der Waals surface area contributed by atoms with Crippen LogP contribution in [0.3, 0.4) is 0 Å². The number of Topliss-reactive ketones (excluding diaryl/α,β-unsaturated/α-hetero) is 1. The maximum Gasteiger partial charge on any atom is 0.259 e. The number of nitrogens with zero attached hydrogens (tertiary/aromatic N) is 3. The van der Waals surface area contributed by atoms with Crippen LogP contribution in [0.4, 0.5) is 5.69 Å². The van der Waals surface area contributed by atoms with Crippen molar-refractivity contribution in [1.29, 1.82) is 0 Å². The SMILES string of the molecule is C[C@@H]1Cc2ccccc2C(C(=O)c2cc3c(cc2-c2cc(C(=O)N(C)c4ccc(O)cc4)c4n2CCCC4)CCN(C(=O)Cc2ccccc2)C3)N1. The third kappa shape index (κ3) is 6.32. The molecular formula is C44H44N4O4. The molecule has 264 valence electrons. The number of phenolic OH excluding ortho intramolecular Hbond substituents is 1. The van der Waals surface area contributed by atoms with Gasteiger partial charge < -0.3 is 24.8 Å². The summed E-state index contributed by atoms with van der Waals surface area (Å²) >= 11 is 0. The lowest BCUT2D eigenvalue weighted by molar-refractivity contribution is -0.131. The number of ketones is 1. The van der Waals surface area contributed by atoms with Gasteiger partial charge in [0.15, 0.2) is 5.78 Å². The zero-order chi connectivity index (χ0) is 35.9. The molecule has 0 saturated heterocycles. The van der Waals surface area contributed by atoms with Crippen molar-refractivity contribution < 1.29 is 19.5 Å². The number of aromatic hydroxyl groups is 1. The third-order valence-electron chi connectivity index (χ3n) is 11.1. The Morgan fingerprint density at radius 3 is 2.40 bits per heavy atom. The number of fused-ring (bicyclic) bond motifs is 3. The number of carbonyl (C=O) groups excluding carboxylic acids is 3. The van der Waals surface area contributed by atoms with Gasteiger partial charge in [-0.1, -0.05) is 54.6 Å². The molecule has 0 spiro atoms. The normalized spacial score (nSPS) is 17.8. The van der Waals surface area contributed by atoms with Crippen LogP contribution in [-0.4, -0.2) is 51.8 Å². The molecule has 0 radical (unpaired) electrons. The number of benzene rings is 4. The summed E-state index contributed by atoms with van der Waals surface area (Å²) in [5.41, 5.74) is 9.90. The van der Waals surface area contributed by atoms with Crippen LogP contribution in [0, 0.1) is 0 Å². The van der Waals surface area contributed by atoms with Gasteiger partial charge in [-0.3, -0.25) is 14.4 Å². The highest BCUT2D eigenvalue weighted by molar-refractivity contribution is 6.09. The van der Waals surface area contributed by atoms with E-state index in [2.05, 4.69) is 28.9 Å². The minimum absolute atomic E-state index is 0.00928. The molecular weight excluding hydrogens is 649 g/mol. The van der Waals surface area contributed by atoms with E-state index in [4.69, 9.17) is 0 Å². The number of phenols is 1. The highest BCUT2D eigenvalue weighted by Crippen LogP contribution is 2.39. The molecule has 52 heavy (non-hydrogen) atoms. The van der Waals surface area contributed by atoms with E-state index in [1.807, 2.05) is 65.6 Å². The molecule has 2 amide bonds. The lowest BCUT2D eigenvalue weighted by Crippen LogP contribution is -2.41. The molecule has 8 rings (SSSR count). The number of hydrogen-bond acceptors (Lipinski definition) is 5. The van der Waals surface area contributed by atoms with Crippen LogP contribution in [0.15, 0.2) is 97.1 Å². The Morgan fingerprint density at radius 1 is 0.827 bits per heavy atom. The van der Waals surface area contributed by atoms with Crippen molar-refractivity contribution in [2.24, 2.45) is 0 Å². The highest BCUT2D eigenvalue weighted by Gasteiger charge is 2.34. The van der Waals surface area contributed by atoms with Gasteiger partial charge in [0.1, 0.15) is 5.75 Å². The molecule has 8 heteroatoms. The van der Waals surface area contributed by atoms with Gasteiger partial charge in [-0.05, 0) is 109 Å². The molecule has 3 aliphatic heterocycles. The van der Waals surface area contributed by atoms with Crippen molar-refractivity contribution in [3.63, 3.8) is 0 Å². The molecule has 2 N–H and O–H groups in total. The van der Waals surface area contributed by atoms with Crippen molar-refractivity contribution >= 4 is 23.3 Å². The van der Waals surface area contributed by atoms with Gasteiger partial charge in [-0.2, -0.15) is 0 Å². The predicted octanol–water partition coefficient (Wildman–Crippen LogP) is 7.06. The first kappa shape index (κ1) is 33.7. The number of aromatic nitrogens is 1. The van der Waals surface area contributed by atoms with E-state index in [0.29, 0.717) is 42.7 Å². The average Bonchev–Trinajstić information content (AvgIpc) is 3.56. The first-order chi connectivity index (χ1) is 25.2. The second-order valence-corrected chi connectivity index (χ2v) is 14.5. The fourth-order valence-corrected chi connectivity index (χ4v) is 8.32. The van der Waals surface area contributed by atoms with E-state index in [-0.39, 0.29) is 29.4 Å². The van der Waals surface area contributed by atoms with Crippen LogP contribution in [0.25, 0.3) is 11.3 Å². The van der Waals surface area contributed by atoms with E-state index in [1.165, 1.54) is 5.56 Å². The predicted molar refractivity (Wildman–Crippen MR) is 203 cm³/mol. The van der Waals surface area contributed by atoms with Crippen LogP contribution >= 0.6 is 0 Å². The molecule has 0 fully saturated rings. The van der Waals surface area contributed by atoms with Gasteiger partial charge in [0.25, 0.3) is 5.91 Å². The van der Waals surface area contributed by atoms with Crippen LogP contribution < -0.4 is 10.2 Å². The van der Waals surface area contributed by atoms with Gasteiger partial charge >= 0.3 is 0 Å². The Hall–Kier alpha value is -5.47.